The van der Waals surface area contributed by atoms with Gasteiger partial charge in [0, 0.05) is 6.42 Å². The van der Waals surface area contributed by atoms with E-state index < -0.39 is 55.6 Å². The van der Waals surface area contributed by atoms with Crippen LogP contribution < -0.4 is 5.32 Å². The molecule has 10 nitrogen and oxygen atoms in total. The number of ether oxygens (including phenoxy) is 2. The smallest absolute Gasteiger partial charge is 0.220 e. The van der Waals surface area contributed by atoms with E-state index in [1.54, 1.807) is 0 Å². The van der Waals surface area contributed by atoms with Crippen LogP contribution >= 0.6 is 0 Å². The highest BCUT2D eigenvalue weighted by atomic mass is 16.7. The number of nitrogens with one attached hydrogen (secondary N) is 1. The Morgan fingerprint density at radius 3 is 1.04 bits per heavy atom. The van der Waals surface area contributed by atoms with Crippen molar-refractivity contribution in [3.8, 4) is 0 Å². The predicted octanol–water partition coefficient (Wildman–Crippen LogP) is 14.8. The molecule has 71 heavy (non-hydrogen) atoms. The standard InChI is InChI=1S/C61H121NO9/c1-3-5-7-9-11-13-15-17-19-21-22-23-24-25-26-27-28-29-30-31-32-33-34-36-38-40-42-44-46-48-50-56(65)62-53(52-70-61-60(69)59(68)58(67)55(51-63)71-61)57(66)54(64)49-47-45-43-41-39-37-35-20-18-16-14-12-10-8-6-4-2/h53-55,57-61,63-64,66-69H,3-52H2,1-2H3,(H,62,65)/t53-,54+,55+,57-,58+,59?,60?,61+/m0/s1. The van der Waals surface area contributed by atoms with E-state index in [0.29, 0.717) is 6.42 Å². The molecular formula is C61H121NO9. The van der Waals surface area contributed by atoms with Gasteiger partial charge in [-0.05, 0) is 12.8 Å². The summed E-state index contributed by atoms with van der Waals surface area (Å²) in [5.41, 5.74) is 0. The highest BCUT2D eigenvalue weighted by Gasteiger charge is 2.44. The van der Waals surface area contributed by atoms with Gasteiger partial charge >= 0.3 is 0 Å². The lowest BCUT2D eigenvalue weighted by Gasteiger charge is -2.40. The predicted molar refractivity (Wildman–Crippen MR) is 297 cm³/mol. The average Bonchev–Trinajstić information content (AvgIpc) is 3.37. The van der Waals surface area contributed by atoms with Crippen LogP contribution in [-0.2, 0) is 14.3 Å². The Kier molecular flexibility index (Phi) is 49.2. The summed E-state index contributed by atoms with van der Waals surface area (Å²) < 4.78 is 11.2. The van der Waals surface area contributed by atoms with Gasteiger partial charge in [-0.2, -0.15) is 0 Å². The maximum Gasteiger partial charge on any atom is 0.220 e. The summed E-state index contributed by atoms with van der Waals surface area (Å²) in [5, 5.41) is 65.6. The number of rotatable bonds is 55. The van der Waals surface area contributed by atoms with Crippen LogP contribution in [0.5, 0.6) is 0 Å². The molecule has 0 aromatic rings. The van der Waals surface area contributed by atoms with Crippen LogP contribution in [0.15, 0.2) is 0 Å². The normalized spacial score (nSPS) is 19.6. The van der Waals surface area contributed by atoms with E-state index in [0.717, 1.165) is 38.5 Å². The van der Waals surface area contributed by atoms with Crippen LogP contribution in [0, 0.1) is 0 Å². The summed E-state index contributed by atoms with van der Waals surface area (Å²) in [5.74, 6) is -0.249. The van der Waals surface area contributed by atoms with Crippen LogP contribution in [0.2, 0.25) is 0 Å². The number of hydrogen-bond donors (Lipinski definition) is 7. The quantitative estimate of drug-likeness (QED) is 0.0293. The number of unbranched alkanes of at least 4 members (excludes halogenated alkanes) is 44. The third-order valence-electron chi connectivity index (χ3n) is 15.6. The Morgan fingerprint density at radius 1 is 0.437 bits per heavy atom. The number of hydrogen-bond acceptors (Lipinski definition) is 9. The zero-order valence-electron chi connectivity index (χ0n) is 46.9. The molecule has 0 saturated carbocycles. The molecule has 1 rings (SSSR count). The summed E-state index contributed by atoms with van der Waals surface area (Å²) in [7, 11) is 0. The second-order valence-electron chi connectivity index (χ2n) is 22.4. The summed E-state index contributed by atoms with van der Waals surface area (Å²) in [6.45, 7) is 3.67. The van der Waals surface area contributed by atoms with Gasteiger partial charge in [-0.25, -0.2) is 0 Å². The van der Waals surface area contributed by atoms with Crippen molar-refractivity contribution in [2.45, 2.75) is 371 Å². The molecule has 2 unspecified atom stereocenters. The molecule has 0 radical (unpaired) electrons. The molecule has 0 aromatic heterocycles. The summed E-state index contributed by atoms with van der Waals surface area (Å²) in [4.78, 5) is 13.1. The third-order valence-corrected chi connectivity index (χ3v) is 15.6. The first kappa shape index (κ1) is 68.2. The van der Waals surface area contributed by atoms with Gasteiger partial charge in [0.1, 0.15) is 30.5 Å². The van der Waals surface area contributed by atoms with Crippen molar-refractivity contribution in [2.24, 2.45) is 0 Å². The van der Waals surface area contributed by atoms with E-state index in [4.69, 9.17) is 9.47 Å². The van der Waals surface area contributed by atoms with Crippen LogP contribution in [0.3, 0.4) is 0 Å². The zero-order valence-corrected chi connectivity index (χ0v) is 46.9. The lowest BCUT2D eigenvalue weighted by molar-refractivity contribution is -0.303. The van der Waals surface area contributed by atoms with Crippen molar-refractivity contribution in [3.05, 3.63) is 0 Å². The second-order valence-corrected chi connectivity index (χ2v) is 22.4. The Hall–Kier alpha value is -0.850. The summed E-state index contributed by atoms with van der Waals surface area (Å²) in [6.07, 6.45) is 51.4. The monoisotopic (exact) mass is 1010 g/mol. The molecule has 0 aliphatic carbocycles. The number of carbonyl (C=O) groups is 1. The minimum Gasteiger partial charge on any atom is -0.394 e. The van der Waals surface area contributed by atoms with Gasteiger partial charge in [0.25, 0.3) is 0 Å². The van der Waals surface area contributed by atoms with Crippen molar-refractivity contribution < 1.29 is 44.9 Å². The zero-order chi connectivity index (χ0) is 51.7. The molecule has 424 valence electrons. The molecule has 0 spiro atoms. The van der Waals surface area contributed by atoms with Crippen LogP contribution in [0.1, 0.15) is 322 Å². The fourth-order valence-corrected chi connectivity index (χ4v) is 10.6. The van der Waals surface area contributed by atoms with Gasteiger partial charge in [-0.15, -0.1) is 0 Å². The van der Waals surface area contributed by atoms with Gasteiger partial charge in [-0.3, -0.25) is 4.79 Å². The molecule has 1 fully saturated rings. The van der Waals surface area contributed by atoms with Crippen molar-refractivity contribution in [2.75, 3.05) is 13.2 Å². The van der Waals surface area contributed by atoms with Crippen molar-refractivity contribution >= 4 is 5.91 Å². The maximum atomic E-state index is 13.1. The minimum atomic E-state index is -1.60. The molecule has 8 atom stereocenters. The Balaban J connectivity index is 2.15. The highest BCUT2D eigenvalue weighted by molar-refractivity contribution is 5.76. The van der Waals surface area contributed by atoms with E-state index in [9.17, 15) is 35.4 Å². The first-order chi connectivity index (χ1) is 34.8. The van der Waals surface area contributed by atoms with E-state index in [-0.39, 0.29) is 18.9 Å². The molecule has 1 aliphatic rings. The van der Waals surface area contributed by atoms with Crippen LogP contribution in [0.4, 0.5) is 0 Å². The fraction of sp³-hybridized carbons (Fsp3) is 0.984. The summed E-state index contributed by atoms with van der Waals surface area (Å²) in [6, 6.07) is -0.987. The van der Waals surface area contributed by atoms with E-state index >= 15 is 0 Å². The minimum absolute atomic E-state index is 0.249. The Morgan fingerprint density at radius 2 is 0.732 bits per heavy atom. The number of carbonyl (C=O) groups excluding carboxylic acids is 1. The molecule has 1 saturated heterocycles. The number of aliphatic hydroxyl groups excluding tert-OH is 6. The molecule has 7 N–H and O–H groups in total. The first-order valence-electron chi connectivity index (χ1n) is 31.3. The molecule has 1 heterocycles. The van der Waals surface area contributed by atoms with Gasteiger partial charge in [0.2, 0.25) is 5.91 Å². The molecule has 10 heteroatoms. The van der Waals surface area contributed by atoms with Crippen LogP contribution in [0.25, 0.3) is 0 Å². The topological polar surface area (TPSA) is 169 Å². The molecular weight excluding hydrogens is 891 g/mol. The van der Waals surface area contributed by atoms with Crippen molar-refractivity contribution in [1.82, 2.24) is 5.32 Å². The van der Waals surface area contributed by atoms with Gasteiger partial charge in [-0.1, -0.05) is 303 Å². The molecule has 0 bridgehead atoms. The SMILES string of the molecule is CCCCCCCCCCCCCCCCCCCCCCCCCCCCCCCCC(=O)N[C@@H](CO[C@@H]1O[C@H](CO)[C@@H](O)C(O)C1O)[C@H](O)[C@H](O)CCCCCCCCCCCCCCCCCC. The van der Waals surface area contributed by atoms with Crippen molar-refractivity contribution in [3.63, 3.8) is 0 Å². The van der Waals surface area contributed by atoms with E-state index in [2.05, 4.69) is 19.2 Å². The molecule has 0 aromatic carbocycles. The largest absolute Gasteiger partial charge is 0.394 e. The van der Waals surface area contributed by atoms with E-state index in [1.807, 2.05) is 0 Å². The lowest BCUT2D eigenvalue weighted by atomic mass is 9.98. The second kappa shape index (κ2) is 51.3. The number of aliphatic hydroxyl groups is 6. The Bertz CT molecular complexity index is 1100. The van der Waals surface area contributed by atoms with Crippen LogP contribution in [-0.4, -0.2) is 98.7 Å². The average molecular weight is 1010 g/mol. The third kappa shape index (κ3) is 40.1. The van der Waals surface area contributed by atoms with E-state index in [1.165, 1.54) is 257 Å². The summed E-state index contributed by atoms with van der Waals surface area (Å²) >= 11 is 0. The van der Waals surface area contributed by atoms with Gasteiger partial charge in [0.15, 0.2) is 6.29 Å². The maximum absolute atomic E-state index is 13.1. The molecule has 1 amide bonds. The Labute approximate surface area is 438 Å². The van der Waals surface area contributed by atoms with Crippen molar-refractivity contribution in [1.29, 1.82) is 0 Å². The first-order valence-corrected chi connectivity index (χ1v) is 31.3. The van der Waals surface area contributed by atoms with Gasteiger partial charge < -0.3 is 45.4 Å². The highest BCUT2D eigenvalue weighted by Crippen LogP contribution is 2.24. The van der Waals surface area contributed by atoms with Gasteiger partial charge in [0.05, 0.1) is 25.4 Å². The lowest BCUT2D eigenvalue weighted by Crippen LogP contribution is -2.60. The molecule has 1 aliphatic heterocycles. The number of amides is 1. The fourth-order valence-electron chi connectivity index (χ4n) is 10.6.